The van der Waals surface area contributed by atoms with Crippen molar-refractivity contribution in [3.05, 3.63) is 71.0 Å². The topological polar surface area (TPSA) is 109 Å². The molecule has 2 heterocycles. The molecule has 3 aromatic carbocycles. The zero-order valence-corrected chi connectivity index (χ0v) is 21.6. The Hall–Kier alpha value is -3.66. The van der Waals surface area contributed by atoms with Gasteiger partial charge in [0, 0.05) is 36.7 Å². The summed E-state index contributed by atoms with van der Waals surface area (Å²) in [6.07, 6.45) is 0.876. The van der Waals surface area contributed by atoms with Crippen LogP contribution in [-0.2, 0) is 11.3 Å². The summed E-state index contributed by atoms with van der Waals surface area (Å²) < 4.78 is 30.6. The summed E-state index contributed by atoms with van der Waals surface area (Å²) in [6, 6.07) is 15.0. The first kappa shape index (κ1) is 26.0. The molecule has 1 fully saturated rings. The van der Waals surface area contributed by atoms with Crippen molar-refractivity contribution in [3.8, 4) is 22.9 Å². The van der Waals surface area contributed by atoms with E-state index in [1.54, 1.807) is 42.5 Å². The van der Waals surface area contributed by atoms with Gasteiger partial charge in [-0.05, 0) is 48.4 Å². The van der Waals surface area contributed by atoms with Crippen LogP contribution in [0.15, 0.2) is 54.6 Å². The molecule has 4 N–H and O–H groups in total. The number of nitrogen functional groups attached to an aromatic ring is 2. The van der Waals surface area contributed by atoms with E-state index in [4.69, 9.17) is 42.3 Å². The zero-order valence-electron chi connectivity index (χ0n) is 20.8. The fraction of sp³-hybridized carbons (Fsp3) is 0.286. The minimum Gasteiger partial charge on any atom is -0.491 e. The summed E-state index contributed by atoms with van der Waals surface area (Å²) in [6.45, 7) is 5.11. The van der Waals surface area contributed by atoms with Crippen molar-refractivity contribution in [1.29, 1.82) is 0 Å². The summed E-state index contributed by atoms with van der Waals surface area (Å²) in [7, 11) is 0. The van der Waals surface area contributed by atoms with Gasteiger partial charge in [0.25, 0.3) is 0 Å². The molecule has 8 nitrogen and oxygen atoms in total. The van der Waals surface area contributed by atoms with Crippen molar-refractivity contribution in [3.63, 3.8) is 0 Å². The predicted molar refractivity (Wildman–Crippen MR) is 147 cm³/mol. The van der Waals surface area contributed by atoms with Gasteiger partial charge >= 0.3 is 0 Å². The number of fused-ring (bicyclic) bond motifs is 1. The lowest BCUT2D eigenvalue weighted by atomic mass is 10.1. The molecule has 5 rings (SSSR count). The number of aromatic nitrogens is 2. The monoisotopic (exact) mass is 537 g/mol. The fourth-order valence-corrected chi connectivity index (χ4v) is 4.53. The van der Waals surface area contributed by atoms with Gasteiger partial charge in [-0.25, -0.2) is 14.4 Å². The molecule has 10 heteroatoms. The second-order valence-corrected chi connectivity index (χ2v) is 9.47. The average Bonchev–Trinajstić information content (AvgIpc) is 2.91. The Labute approximate surface area is 225 Å². The average molecular weight is 538 g/mol. The van der Waals surface area contributed by atoms with Gasteiger partial charge in [-0.2, -0.15) is 0 Å². The fourth-order valence-electron chi connectivity index (χ4n) is 4.29. The molecule has 0 aliphatic carbocycles. The standard InChI is InChI=1S/C28H29ClFN5O3/c29-22-14-19(5-6-25(22)38-17-18-3-1-4-20(30)13-18)28-33-24-16-26(23(31)15-21(24)27(32)34-28)37-10-2-7-35-8-11-36-12-9-35/h1,3-6,13-16H,2,7-12,17,31H2,(H2,32,33,34). The largest absolute Gasteiger partial charge is 0.491 e. The molecule has 0 atom stereocenters. The number of ether oxygens (including phenoxy) is 3. The van der Waals surface area contributed by atoms with E-state index in [-0.39, 0.29) is 12.4 Å². The zero-order chi connectivity index (χ0) is 26.5. The van der Waals surface area contributed by atoms with Crippen molar-refractivity contribution < 1.29 is 18.6 Å². The van der Waals surface area contributed by atoms with E-state index < -0.39 is 0 Å². The maximum Gasteiger partial charge on any atom is 0.162 e. The number of hydrogen-bond acceptors (Lipinski definition) is 8. The highest BCUT2D eigenvalue weighted by Crippen LogP contribution is 2.34. The highest BCUT2D eigenvalue weighted by Gasteiger charge is 2.14. The molecule has 1 saturated heterocycles. The lowest BCUT2D eigenvalue weighted by Gasteiger charge is -2.26. The lowest BCUT2D eigenvalue weighted by Crippen LogP contribution is -2.37. The summed E-state index contributed by atoms with van der Waals surface area (Å²) in [5.74, 6) is 1.42. The molecule has 0 bridgehead atoms. The van der Waals surface area contributed by atoms with Gasteiger partial charge in [0.2, 0.25) is 0 Å². The van der Waals surface area contributed by atoms with E-state index in [0.717, 1.165) is 39.3 Å². The van der Waals surface area contributed by atoms with Crippen LogP contribution in [0.4, 0.5) is 15.9 Å². The first-order valence-electron chi connectivity index (χ1n) is 12.4. The van der Waals surface area contributed by atoms with Crippen LogP contribution in [0.5, 0.6) is 11.5 Å². The number of halogens is 2. The van der Waals surface area contributed by atoms with Crippen LogP contribution in [0.25, 0.3) is 22.3 Å². The van der Waals surface area contributed by atoms with Gasteiger partial charge in [0.05, 0.1) is 36.0 Å². The van der Waals surface area contributed by atoms with E-state index >= 15 is 0 Å². The second-order valence-electron chi connectivity index (χ2n) is 9.06. The van der Waals surface area contributed by atoms with Gasteiger partial charge in [-0.15, -0.1) is 0 Å². The lowest BCUT2D eigenvalue weighted by molar-refractivity contribution is 0.0358. The van der Waals surface area contributed by atoms with Crippen molar-refractivity contribution in [2.24, 2.45) is 0 Å². The molecule has 1 aromatic heterocycles. The minimum absolute atomic E-state index is 0.187. The number of anilines is 2. The predicted octanol–water partition coefficient (Wildman–Crippen LogP) is 4.93. The molecule has 0 unspecified atom stereocenters. The van der Waals surface area contributed by atoms with Crippen LogP contribution in [0.1, 0.15) is 12.0 Å². The molecule has 0 radical (unpaired) electrons. The first-order chi connectivity index (χ1) is 18.5. The quantitative estimate of drug-likeness (QED) is 0.228. The first-order valence-corrected chi connectivity index (χ1v) is 12.8. The summed E-state index contributed by atoms with van der Waals surface area (Å²) in [5.41, 5.74) is 15.0. The molecule has 1 aliphatic heterocycles. The third-order valence-electron chi connectivity index (χ3n) is 6.31. The Morgan fingerprint density at radius 1 is 0.974 bits per heavy atom. The van der Waals surface area contributed by atoms with Crippen molar-refractivity contribution in [1.82, 2.24) is 14.9 Å². The van der Waals surface area contributed by atoms with Gasteiger partial charge in [-0.3, -0.25) is 4.90 Å². The van der Waals surface area contributed by atoms with Crippen LogP contribution < -0.4 is 20.9 Å². The molecule has 38 heavy (non-hydrogen) atoms. The summed E-state index contributed by atoms with van der Waals surface area (Å²) in [4.78, 5) is 11.5. The molecule has 0 saturated carbocycles. The van der Waals surface area contributed by atoms with E-state index in [2.05, 4.69) is 9.88 Å². The molecule has 1 aliphatic rings. The van der Waals surface area contributed by atoms with Gasteiger partial charge in [0.1, 0.15) is 29.7 Å². The highest BCUT2D eigenvalue weighted by molar-refractivity contribution is 6.32. The van der Waals surface area contributed by atoms with E-state index in [1.165, 1.54) is 12.1 Å². The Bertz CT molecular complexity index is 1430. The van der Waals surface area contributed by atoms with Crippen LogP contribution >= 0.6 is 11.6 Å². The number of benzene rings is 3. The third-order valence-corrected chi connectivity index (χ3v) is 6.61. The SMILES string of the molecule is Nc1cc2c(N)nc(-c3ccc(OCc4cccc(F)c4)c(Cl)c3)nc2cc1OCCCN1CCOCC1. The van der Waals surface area contributed by atoms with Gasteiger partial charge < -0.3 is 25.7 Å². The number of morpholine rings is 1. The molecular weight excluding hydrogens is 509 g/mol. The van der Waals surface area contributed by atoms with E-state index in [9.17, 15) is 4.39 Å². The number of nitrogens with zero attached hydrogens (tertiary/aromatic N) is 3. The molecule has 0 amide bonds. The number of rotatable bonds is 9. The van der Waals surface area contributed by atoms with Crippen LogP contribution in [0.3, 0.4) is 0 Å². The van der Waals surface area contributed by atoms with Crippen LogP contribution in [-0.4, -0.2) is 54.3 Å². The van der Waals surface area contributed by atoms with Gasteiger partial charge in [-0.1, -0.05) is 23.7 Å². The maximum absolute atomic E-state index is 13.4. The Balaban J connectivity index is 1.29. The van der Waals surface area contributed by atoms with E-state index in [1.807, 2.05) is 0 Å². The molecule has 198 valence electrons. The van der Waals surface area contributed by atoms with Crippen LogP contribution in [0, 0.1) is 5.82 Å². The van der Waals surface area contributed by atoms with Crippen molar-refractivity contribution in [2.45, 2.75) is 13.0 Å². The smallest absolute Gasteiger partial charge is 0.162 e. The van der Waals surface area contributed by atoms with Gasteiger partial charge in [0.15, 0.2) is 5.82 Å². The Morgan fingerprint density at radius 2 is 1.82 bits per heavy atom. The Morgan fingerprint density at radius 3 is 2.61 bits per heavy atom. The highest BCUT2D eigenvalue weighted by atomic mass is 35.5. The molecule has 4 aromatic rings. The molecular formula is C28H29ClFN5O3. The summed E-state index contributed by atoms with van der Waals surface area (Å²) >= 11 is 6.48. The van der Waals surface area contributed by atoms with E-state index in [0.29, 0.717) is 62.5 Å². The third kappa shape index (κ3) is 6.24. The number of hydrogen-bond donors (Lipinski definition) is 2. The number of nitrogens with two attached hydrogens (primary N) is 2. The normalized spacial score (nSPS) is 14.1. The molecule has 0 spiro atoms. The van der Waals surface area contributed by atoms with Crippen molar-refractivity contribution >= 4 is 34.0 Å². The Kier molecular flexibility index (Phi) is 8.07. The van der Waals surface area contributed by atoms with Crippen molar-refractivity contribution in [2.75, 3.05) is 50.9 Å². The van der Waals surface area contributed by atoms with Crippen LogP contribution in [0.2, 0.25) is 5.02 Å². The summed E-state index contributed by atoms with van der Waals surface area (Å²) in [5, 5.41) is 1.02. The second kappa shape index (κ2) is 11.8. The minimum atomic E-state index is -0.318. The maximum atomic E-state index is 13.4.